The highest BCUT2D eigenvalue weighted by molar-refractivity contribution is 5.78. The molecule has 0 aromatic rings. The number of likely N-dealkylation sites (tertiary alicyclic amines) is 2. The molecule has 1 N–H and O–H groups in total. The van der Waals surface area contributed by atoms with Crippen molar-refractivity contribution in [2.24, 2.45) is 0 Å². The van der Waals surface area contributed by atoms with E-state index in [0.717, 1.165) is 26.2 Å². The van der Waals surface area contributed by atoms with E-state index in [4.69, 9.17) is 4.74 Å². The maximum Gasteiger partial charge on any atom is 0.234 e. The van der Waals surface area contributed by atoms with Crippen LogP contribution in [0.25, 0.3) is 0 Å². The number of ether oxygens (including phenoxy) is 1. The Kier molecular flexibility index (Phi) is 5.60. The predicted molar refractivity (Wildman–Crippen MR) is 75.1 cm³/mol. The van der Waals surface area contributed by atoms with Gasteiger partial charge in [-0.2, -0.15) is 0 Å². The molecule has 0 spiro atoms. The summed E-state index contributed by atoms with van der Waals surface area (Å²) in [7, 11) is 3.78. The van der Waals surface area contributed by atoms with Crippen molar-refractivity contribution >= 4 is 5.91 Å². The number of likely N-dealkylation sites (N-methyl/N-ethyl adjacent to an activating group) is 1. The molecule has 2 saturated heterocycles. The van der Waals surface area contributed by atoms with Gasteiger partial charge in [-0.1, -0.05) is 12.8 Å². The summed E-state index contributed by atoms with van der Waals surface area (Å²) >= 11 is 0. The van der Waals surface area contributed by atoms with Gasteiger partial charge in [-0.05, 0) is 33.0 Å². The van der Waals surface area contributed by atoms with Crippen LogP contribution in [0.4, 0.5) is 0 Å². The van der Waals surface area contributed by atoms with Gasteiger partial charge in [0.2, 0.25) is 5.91 Å². The maximum absolute atomic E-state index is 12.1. The Hall–Kier alpha value is -0.650. The number of rotatable bonds is 4. The number of carbonyl (C=O) groups is 1. The molecule has 110 valence electrons. The zero-order valence-corrected chi connectivity index (χ0v) is 12.2. The Labute approximate surface area is 116 Å². The van der Waals surface area contributed by atoms with Crippen molar-refractivity contribution in [3.05, 3.63) is 0 Å². The third kappa shape index (κ3) is 4.44. The number of carbonyl (C=O) groups excluding carboxylic acids is 1. The van der Waals surface area contributed by atoms with Crippen LogP contribution in [0, 0.1) is 0 Å². The highest BCUT2D eigenvalue weighted by Gasteiger charge is 2.32. The number of nitrogens with one attached hydrogen (secondary N) is 1. The smallest absolute Gasteiger partial charge is 0.234 e. The molecular weight excluding hydrogens is 242 g/mol. The Morgan fingerprint density at radius 2 is 1.89 bits per heavy atom. The second-order valence-electron chi connectivity index (χ2n) is 5.86. The number of hydrogen-bond acceptors (Lipinski definition) is 4. The largest absolute Gasteiger partial charge is 0.378 e. The molecule has 2 heterocycles. The minimum Gasteiger partial charge on any atom is -0.378 e. The first-order chi connectivity index (χ1) is 9.19. The summed E-state index contributed by atoms with van der Waals surface area (Å²) in [5.41, 5.74) is 0. The Balaban J connectivity index is 1.76. The zero-order chi connectivity index (χ0) is 13.7. The molecule has 2 aliphatic heterocycles. The molecule has 2 rings (SSSR count). The van der Waals surface area contributed by atoms with Crippen LogP contribution in [0.2, 0.25) is 0 Å². The van der Waals surface area contributed by atoms with E-state index in [1.165, 1.54) is 25.7 Å². The maximum atomic E-state index is 12.1. The molecule has 0 saturated carbocycles. The van der Waals surface area contributed by atoms with E-state index in [9.17, 15) is 4.79 Å². The lowest BCUT2D eigenvalue weighted by atomic mass is 10.2. The van der Waals surface area contributed by atoms with Gasteiger partial charge in [-0.3, -0.25) is 9.69 Å². The average molecular weight is 269 g/mol. The molecule has 19 heavy (non-hydrogen) atoms. The SMILES string of the molecule is CO[C@H]1CN(C)C[C@@H]1NC(=O)CN1CCCCCC1. The molecule has 0 aromatic carbocycles. The Morgan fingerprint density at radius 3 is 2.53 bits per heavy atom. The fourth-order valence-electron chi connectivity index (χ4n) is 3.09. The monoisotopic (exact) mass is 269 g/mol. The molecule has 0 unspecified atom stereocenters. The first-order valence-corrected chi connectivity index (χ1v) is 7.42. The number of nitrogens with zero attached hydrogens (tertiary/aromatic N) is 2. The van der Waals surface area contributed by atoms with Crippen LogP contribution in [-0.4, -0.2) is 74.7 Å². The highest BCUT2D eigenvalue weighted by Crippen LogP contribution is 2.12. The first-order valence-electron chi connectivity index (χ1n) is 7.42. The molecule has 2 aliphatic rings. The molecule has 1 amide bonds. The van der Waals surface area contributed by atoms with Crippen LogP contribution in [0.15, 0.2) is 0 Å². The normalized spacial score (nSPS) is 30.2. The third-order valence-corrected chi connectivity index (χ3v) is 4.16. The summed E-state index contributed by atoms with van der Waals surface area (Å²) in [6.07, 6.45) is 5.17. The van der Waals surface area contributed by atoms with Gasteiger partial charge in [0.1, 0.15) is 0 Å². The van der Waals surface area contributed by atoms with E-state index in [0.29, 0.717) is 6.54 Å². The van der Waals surface area contributed by atoms with E-state index >= 15 is 0 Å². The molecular formula is C14H27N3O2. The van der Waals surface area contributed by atoms with Gasteiger partial charge in [0.05, 0.1) is 18.7 Å². The van der Waals surface area contributed by atoms with E-state index in [1.807, 2.05) is 0 Å². The quantitative estimate of drug-likeness (QED) is 0.798. The highest BCUT2D eigenvalue weighted by atomic mass is 16.5. The van der Waals surface area contributed by atoms with E-state index in [2.05, 4.69) is 22.2 Å². The fraction of sp³-hybridized carbons (Fsp3) is 0.929. The van der Waals surface area contributed by atoms with Crippen molar-refractivity contribution in [3.8, 4) is 0 Å². The van der Waals surface area contributed by atoms with Crippen LogP contribution in [0.5, 0.6) is 0 Å². The summed E-state index contributed by atoms with van der Waals surface area (Å²) in [5.74, 6) is 0.143. The van der Waals surface area contributed by atoms with Crippen molar-refractivity contribution in [1.29, 1.82) is 0 Å². The van der Waals surface area contributed by atoms with Gasteiger partial charge in [-0.25, -0.2) is 0 Å². The number of hydrogen-bond donors (Lipinski definition) is 1. The topological polar surface area (TPSA) is 44.8 Å². The van der Waals surface area contributed by atoms with Crippen molar-refractivity contribution in [1.82, 2.24) is 15.1 Å². The molecule has 0 bridgehead atoms. The molecule has 5 nitrogen and oxygen atoms in total. The molecule has 0 aliphatic carbocycles. The standard InChI is InChI=1S/C14H27N3O2/c1-16-9-12(13(10-16)19-2)15-14(18)11-17-7-5-3-4-6-8-17/h12-13H,3-11H2,1-2H3,(H,15,18)/t12-,13-/m0/s1. The van der Waals surface area contributed by atoms with E-state index in [1.54, 1.807) is 7.11 Å². The summed E-state index contributed by atoms with van der Waals surface area (Å²) in [6.45, 7) is 4.43. The second kappa shape index (κ2) is 7.22. The van der Waals surface area contributed by atoms with Crippen LogP contribution in [-0.2, 0) is 9.53 Å². The minimum atomic E-state index is 0.123. The number of methoxy groups -OCH3 is 1. The fourth-order valence-corrected chi connectivity index (χ4v) is 3.09. The van der Waals surface area contributed by atoms with Gasteiger partial charge < -0.3 is 15.0 Å². The van der Waals surface area contributed by atoms with Crippen LogP contribution in [0.3, 0.4) is 0 Å². The molecule has 5 heteroatoms. The average Bonchev–Trinajstić information content (AvgIpc) is 2.58. The molecule has 0 aromatic heterocycles. The third-order valence-electron chi connectivity index (χ3n) is 4.16. The van der Waals surface area contributed by atoms with Crippen LogP contribution >= 0.6 is 0 Å². The van der Waals surface area contributed by atoms with E-state index < -0.39 is 0 Å². The van der Waals surface area contributed by atoms with Gasteiger partial charge in [0, 0.05) is 20.2 Å². The lowest BCUT2D eigenvalue weighted by Crippen LogP contribution is -2.47. The van der Waals surface area contributed by atoms with Crippen molar-refractivity contribution in [2.45, 2.75) is 37.8 Å². The van der Waals surface area contributed by atoms with Crippen molar-refractivity contribution in [3.63, 3.8) is 0 Å². The van der Waals surface area contributed by atoms with Crippen molar-refractivity contribution < 1.29 is 9.53 Å². The molecule has 2 fully saturated rings. The van der Waals surface area contributed by atoms with Gasteiger partial charge in [0.25, 0.3) is 0 Å². The number of amides is 1. The van der Waals surface area contributed by atoms with Gasteiger partial charge in [-0.15, -0.1) is 0 Å². The zero-order valence-electron chi connectivity index (χ0n) is 12.2. The van der Waals surface area contributed by atoms with Crippen molar-refractivity contribution in [2.75, 3.05) is 46.9 Å². The van der Waals surface area contributed by atoms with Crippen LogP contribution in [0.1, 0.15) is 25.7 Å². The molecule has 2 atom stereocenters. The van der Waals surface area contributed by atoms with Gasteiger partial charge in [0.15, 0.2) is 0 Å². The predicted octanol–water partition coefficient (Wildman–Crippen LogP) is 0.308. The minimum absolute atomic E-state index is 0.123. The Bertz CT molecular complexity index is 290. The lowest BCUT2D eigenvalue weighted by Gasteiger charge is -2.22. The van der Waals surface area contributed by atoms with E-state index in [-0.39, 0.29) is 18.1 Å². The molecule has 0 radical (unpaired) electrons. The summed E-state index contributed by atoms with van der Waals surface area (Å²) in [4.78, 5) is 16.6. The summed E-state index contributed by atoms with van der Waals surface area (Å²) in [6, 6.07) is 0.134. The Morgan fingerprint density at radius 1 is 1.21 bits per heavy atom. The summed E-state index contributed by atoms with van der Waals surface area (Å²) < 4.78 is 5.44. The van der Waals surface area contributed by atoms with Gasteiger partial charge >= 0.3 is 0 Å². The lowest BCUT2D eigenvalue weighted by molar-refractivity contribution is -0.123. The first kappa shape index (κ1) is 14.8. The second-order valence-corrected chi connectivity index (χ2v) is 5.86. The van der Waals surface area contributed by atoms with Crippen LogP contribution < -0.4 is 5.32 Å². The summed E-state index contributed by atoms with van der Waals surface area (Å²) in [5, 5.41) is 3.13.